The summed E-state index contributed by atoms with van der Waals surface area (Å²) in [6.07, 6.45) is 8.35. The quantitative estimate of drug-likeness (QED) is 0.839. The van der Waals surface area contributed by atoms with Crippen LogP contribution in [0.1, 0.15) is 44.1 Å². The second-order valence-corrected chi connectivity index (χ2v) is 7.69. The van der Waals surface area contributed by atoms with Crippen molar-refractivity contribution in [2.45, 2.75) is 61.3 Å². The first-order valence-electron chi connectivity index (χ1n) is 7.00. The highest BCUT2D eigenvalue weighted by atomic mass is 79.9. The van der Waals surface area contributed by atoms with Gasteiger partial charge in [0.15, 0.2) is 0 Å². The number of hydrogen-bond acceptors (Lipinski definition) is 2. The number of rotatable bonds is 5. The Morgan fingerprint density at radius 1 is 1.17 bits per heavy atom. The third-order valence-corrected chi connectivity index (χ3v) is 5.72. The van der Waals surface area contributed by atoms with Gasteiger partial charge < -0.3 is 5.32 Å². The van der Waals surface area contributed by atoms with Crippen LogP contribution in [-0.2, 0) is 6.54 Å². The predicted octanol–water partition coefficient (Wildman–Crippen LogP) is 4.74. The van der Waals surface area contributed by atoms with Gasteiger partial charge >= 0.3 is 0 Å². The second-order valence-electron chi connectivity index (χ2n) is 5.43. The molecule has 1 aromatic carbocycles. The molecular weight excluding hydrogens is 306 g/mol. The third kappa shape index (κ3) is 3.52. The van der Waals surface area contributed by atoms with Gasteiger partial charge in [-0.3, -0.25) is 0 Å². The normalized spacial score (nSPS) is 20.5. The molecule has 0 heterocycles. The zero-order chi connectivity index (χ0) is 12.4. The monoisotopic (exact) mass is 325 g/mol. The third-order valence-electron chi connectivity index (χ3n) is 3.78. The largest absolute Gasteiger partial charge is 0.310 e. The van der Waals surface area contributed by atoms with Crippen LogP contribution in [0.2, 0.25) is 0 Å². The van der Waals surface area contributed by atoms with Gasteiger partial charge in [0.05, 0.1) is 0 Å². The molecule has 1 N–H and O–H groups in total. The molecule has 0 unspecified atom stereocenters. The maximum absolute atomic E-state index is 3.63. The molecule has 98 valence electrons. The summed E-state index contributed by atoms with van der Waals surface area (Å²) in [6.45, 7) is 1.03. The fourth-order valence-corrected chi connectivity index (χ4v) is 4.44. The Morgan fingerprint density at radius 2 is 1.94 bits per heavy atom. The summed E-state index contributed by atoms with van der Waals surface area (Å²) in [6, 6.07) is 7.53. The van der Waals surface area contributed by atoms with E-state index in [1.807, 2.05) is 0 Å². The molecule has 1 nitrogen and oxygen atoms in total. The fourth-order valence-electron chi connectivity index (χ4n) is 2.51. The highest BCUT2D eigenvalue weighted by Crippen LogP contribution is 2.37. The average molecular weight is 326 g/mol. The van der Waals surface area contributed by atoms with Crippen LogP contribution >= 0.6 is 27.7 Å². The summed E-state index contributed by atoms with van der Waals surface area (Å²) in [5, 5.41) is 4.48. The van der Waals surface area contributed by atoms with E-state index in [1.54, 1.807) is 0 Å². The number of nitrogens with one attached hydrogen (secondary N) is 1. The van der Waals surface area contributed by atoms with E-state index in [-0.39, 0.29) is 0 Å². The van der Waals surface area contributed by atoms with Gasteiger partial charge in [-0.25, -0.2) is 0 Å². The van der Waals surface area contributed by atoms with Crippen LogP contribution in [0.15, 0.2) is 27.6 Å². The zero-order valence-corrected chi connectivity index (χ0v) is 13.0. The van der Waals surface area contributed by atoms with E-state index in [9.17, 15) is 0 Å². The summed E-state index contributed by atoms with van der Waals surface area (Å²) in [5.41, 5.74) is 1.47. The van der Waals surface area contributed by atoms with Crippen molar-refractivity contribution in [1.82, 2.24) is 5.32 Å². The molecule has 18 heavy (non-hydrogen) atoms. The molecule has 0 radical (unpaired) electrons. The van der Waals surface area contributed by atoms with E-state index in [1.165, 1.54) is 53.5 Å². The molecule has 0 aromatic heterocycles. The van der Waals surface area contributed by atoms with Gasteiger partial charge in [-0.05, 0) is 43.4 Å². The highest BCUT2D eigenvalue weighted by Gasteiger charge is 2.21. The van der Waals surface area contributed by atoms with Crippen molar-refractivity contribution in [3.05, 3.63) is 28.2 Å². The van der Waals surface area contributed by atoms with E-state index < -0.39 is 0 Å². The van der Waals surface area contributed by atoms with Gasteiger partial charge in [0.1, 0.15) is 0 Å². The molecule has 2 fully saturated rings. The van der Waals surface area contributed by atoms with Gasteiger partial charge in [0, 0.05) is 27.2 Å². The van der Waals surface area contributed by atoms with Crippen molar-refractivity contribution in [1.29, 1.82) is 0 Å². The summed E-state index contributed by atoms with van der Waals surface area (Å²) in [4.78, 5) is 1.48. The van der Waals surface area contributed by atoms with Crippen molar-refractivity contribution >= 4 is 27.7 Å². The molecule has 0 atom stereocenters. The zero-order valence-electron chi connectivity index (χ0n) is 10.6. The van der Waals surface area contributed by atoms with Crippen molar-refractivity contribution in [2.24, 2.45) is 0 Å². The lowest BCUT2D eigenvalue weighted by Gasteiger charge is -2.14. The molecule has 0 bridgehead atoms. The maximum Gasteiger partial charge on any atom is 0.0219 e. The molecule has 3 heteroatoms. The molecule has 0 amide bonds. The van der Waals surface area contributed by atoms with Crippen LogP contribution in [0.3, 0.4) is 0 Å². The van der Waals surface area contributed by atoms with Crippen molar-refractivity contribution < 1.29 is 0 Å². The lowest BCUT2D eigenvalue weighted by molar-refractivity contribution is 0.680. The molecule has 0 saturated heterocycles. The fraction of sp³-hybridized carbons (Fsp3) is 0.600. The molecule has 2 aliphatic rings. The molecular formula is C15H20BrNS. The second kappa shape index (κ2) is 5.98. The number of thioether (sulfide) groups is 1. The van der Waals surface area contributed by atoms with Crippen molar-refractivity contribution in [3.63, 3.8) is 0 Å². The molecule has 0 aliphatic heterocycles. The lowest BCUT2D eigenvalue weighted by Crippen LogP contribution is -2.16. The van der Waals surface area contributed by atoms with Crippen LogP contribution in [0.5, 0.6) is 0 Å². The Kier molecular flexibility index (Phi) is 4.32. The van der Waals surface area contributed by atoms with E-state index in [0.29, 0.717) is 0 Å². The highest BCUT2D eigenvalue weighted by molar-refractivity contribution is 9.10. The number of halogens is 1. The molecule has 2 saturated carbocycles. The minimum Gasteiger partial charge on any atom is -0.310 e. The van der Waals surface area contributed by atoms with Crippen LogP contribution < -0.4 is 5.32 Å². The number of hydrogen-bond donors (Lipinski definition) is 1. The maximum atomic E-state index is 3.63. The molecule has 0 spiro atoms. The van der Waals surface area contributed by atoms with Crippen LogP contribution in [-0.4, -0.2) is 11.3 Å². The van der Waals surface area contributed by atoms with Gasteiger partial charge in [-0.2, -0.15) is 0 Å². The van der Waals surface area contributed by atoms with Gasteiger partial charge in [0.2, 0.25) is 0 Å². The molecule has 3 rings (SSSR count). The van der Waals surface area contributed by atoms with E-state index in [0.717, 1.165) is 17.8 Å². The Morgan fingerprint density at radius 3 is 2.67 bits per heavy atom. The van der Waals surface area contributed by atoms with Gasteiger partial charge in [-0.15, -0.1) is 11.8 Å². The van der Waals surface area contributed by atoms with E-state index >= 15 is 0 Å². The van der Waals surface area contributed by atoms with Gasteiger partial charge in [-0.1, -0.05) is 34.8 Å². The SMILES string of the molecule is Brc1ccc(CNC2CC2)c(SC2CCCC2)c1. The Bertz CT molecular complexity index is 411. The summed E-state index contributed by atoms with van der Waals surface area (Å²) in [5.74, 6) is 0. The number of benzene rings is 1. The Hall–Kier alpha value is 0.01000. The Balaban J connectivity index is 1.69. The first kappa shape index (κ1) is 13.0. The van der Waals surface area contributed by atoms with Crippen LogP contribution in [0, 0.1) is 0 Å². The summed E-state index contributed by atoms with van der Waals surface area (Å²) in [7, 11) is 0. The summed E-state index contributed by atoms with van der Waals surface area (Å²) < 4.78 is 1.21. The first-order valence-corrected chi connectivity index (χ1v) is 8.67. The molecule has 1 aromatic rings. The molecule has 2 aliphatic carbocycles. The Labute approximate surface area is 122 Å². The predicted molar refractivity (Wildman–Crippen MR) is 82.1 cm³/mol. The standard InChI is InChI=1S/C15H20BrNS/c16-12-6-5-11(10-17-13-7-8-13)15(9-12)18-14-3-1-2-4-14/h5-6,9,13-14,17H,1-4,7-8,10H2. The first-order chi connectivity index (χ1) is 8.81. The minimum absolute atomic E-state index is 0.790. The van der Waals surface area contributed by atoms with Crippen LogP contribution in [0.25, 0.3) is 0 Å². The topological polar surface area (TPSA) is 12.0 Å². The van der Waals surface area contributed by atoms with Crippen molar-refractivity contribution in [3.8, 4) is 0 Å². The minimum atomic E-state index is 0.790. The van der Waals surface area contributed by atoms with E-state index in [4.69, 9.17) is 0 Å². The average Bonchev–Trinajstić information content (AvgIpc) is 3.05. The van der Waals surface area contributed by atoms with Gasteiger partial charge in [0.25, 0.3) is 0 Å². The van der Waals surface area contributed by atoms with Crippen LogP contribution in [0.4, 0.5) is 0 Å². The smallest absolute Gasteiger partial charge is 0.0219 e. The lowest BCUT2D eigenvalue weighted by atomic mass is 10.2. The summed E-state index contributed by atoms with van der Waals surface area (Å²) >= 11 is 5.70. The van der Waals surface area contributed by atoms with Crippen molar-refractivity contribution in [2.75, 3.05) is 0 Å². The van der Waals surface area contributed by atoms with E-state index in [2.05, 4.69) is 51.2 Å².